The number of nitrogens with two attached hydrogens (primary N) is 1. The summed E-state index contributed by atoms with van der Waals surface area (Å²) in [6.07, 6.45) is 4.38. The molecule has 0 aromatic heterocycles. The first kappa shape index (κ1) is 11.4. The summed E-state index contributed by atoms with van der Waals surface area (Å²) in [5.74, 6) is 0. The fraction of sp³-hybridized carbons (Fsp3) is 0.500. The number of amides is 2. The molecule has 1 aliphatic carbocycles. The van der Waals surface area contributed by atoms with Crippen LogP contribution in [0, 0.1) is 0 Å². The highest BCUT2D eigenvalue weighted by Crippen LogP contribution is 2.25. The lowest BCUT2D eigenvalue weighted by molar-refractivity contribution is 0.181. The fourth-order valence-electron chi connectivity index (χ4n) is 2.60. The van der Waals surface area contributed by atoms with E-state index in [2.05, 4.69) is 11.4 Å². The second-order valence-corrected chi connectivity index (χ2v) is 5.23. The fourth-order valence-corrected chi connectivity index (χ4v) is 2.60. The first-order valence-corrected chi connectivity index (χ1v) is 6.66. The van der Waals surface area contributed by atoms with E-state index < -0.39 is 0 Å². The lowest BCUT2D eigenvalue weighted by Crippen LogP contribution is -2.48. The molecule has 1 aliphatic heterocycles. The highest BCUT2D eigenvalue weighted by Gasteiger charge is 2.25. The summed E-state index contributed by atoms with van der Waals surface area (Å²) in [4.78, 5) is 14.0. The molecule has 0 unspecified atom stereocenters. The van der Waals surface area contributed by atoms with Crippen LogP contribution in [0.3, 0.4) is 0 Å². The van der Waals surface area contributed by atoms with Crippen LogP contribution in [0.2, 0.25) is 0 Å². The van der Waals surface area contributed by atoms with Gasteiger partial charge in [-0.2, -0.15) is 0 Å². The van der Waals surface area contributed by atoms with Gasteiger partial charge in [-0.05, 0) is 42.9 Å². The number of fused-ring (bicyclic) bond motifs is 1. The average Bonchev–Trinajstić information content (AvgIpc) is 2.34. The lowest BCUT2D eigenvalue weighted by Gasteiger charge is -2.33. The molecule has 2 aliphatic rings. The molecule has 1 heterocycles. The molecular formula is C14H19N3O. The van der Waals surface area contributed by atoms with E-state index in [4.69, 9.17) is 5.73 Å². The highest BCUT2D eigenvalue weighted by atomic mass is 16.2. The number of benzene rings is 1. The van der Waals surface area contributed by atoms with E-state index in [0.717, 1.165) is 37.1 Å². The summed E-state index contributed by atoms with van der Waals surface area (Å²) in [5, 5.41) is 3.08. The Kier molecular flexibility index (Phi) is 2.86. The summed E-state index contributed by atoms with van der Waals surface area (Å²) >= 11 is 0. The molecule has 0 radical (unpaired) electrons. The van der Waals surface area contributed by atoms with Crippen LogP contribution >= 0.6 is 0 Å². The number of carbonyl (C=O) groups is 1. The van der Waals surface area contributed by atoms with Crippen LogP contribution < -0.4 is 11.1 Å². The van der Waals surface area contributed by atoms with E-state index in [1.54, 1.807) is 0 Å². The van der Waals surface area contributed by atoms with Gasteiger partial charge in [-0.15, -0.1) is 0 Å². The zero-order chi connectivity index (χ0) is 12.5. The largest absolute Gasteiger partial charge is 0.398 e. The number of anilines is 1. The van der Waals surface area contributed by atoms with Crippen molar-refractivity contribution in [3.8, 4) is 0 Å². The van der Waals surface area contributed by atoms with Gasteiger partial charge in [0.1, 0.15) is 0 Å². The molecule has 4 heteroatoms. The van der Waals surface area contributed by atoms with Crippen molar-refractivity contribution >= 4 is 11.7 Å². The molecule has 3 N–H and O–H groups in total. The summed E-state index contributed by atoms with van der Waals surface area (Å²) < 4.78 is 0. The van der Waals surface area contributed by atoms with Gasteiger partial charge >= 0.3 is 6.03 Å². The van der Waals surface area contributed by atoms with Crippen molar-refractivity contribution < 1.29 is 4.79 Å². The van der Waals surface area contributed by atoms with Gasteiger partial charge in [0.2, 0.25) is 0 Å². The molecule has 1 saturated carbocycles. The molecule has 1 aromatic carbocycles. The van der Waals surface area contributed by atoms with Gasteiger partial charge in [0.25, 0.3) is 0 Å². The third-order valence-corrected chi connectivity index (χ3v) is 4.03. The third-order valence-electron chi connectivity index (χ3n) is 4.03. The van der Waals surface area contributed by atoms with Crippen molar-refractivity contribution in [1.29, 1.82) is 0 Å². The van der Waals surface area contributed by atoms with Crippen LogP contribution in [0.25, 0.3) is 0 Å². The Morgan fingerprint density at radius 1 is 1.39 bits per heavy atom. The molecule has 4 nitrogen and oxygen atoms in total. The number of carbonyl (C=O) groups excluding carboxylic acids is 1. The number of hydrogen-bond donors (Lipinski definition) is 2. The van der Waals surface area contributed by atoms with Gasteiger partial charge in [-0.1, -0.05) is 12.1 Å². The molecule has 1 fully saturated rings. The minimum Gasteiger partial charge on any atom is -0.398 e. The monoisotopic (exact) mass is 245 g/mol. The zero-order valence-electron chi connectivity index (χ0n) is 10.5. The van der Waals surface area contributed by atoms with Crippen LogP contribution in [0.15, 0.2) is 18.2 Å². The van der Waals surface area contributed by atoms with Crippen molar-refractivity contribution in [2.45, 2.75) is 38.3 Å². The maximum absolute atomic E-state index is 12.1. The second-order valence-electron chi connectivity index (χ2n) is 5.23. The van der Waals surface area contributed by atoms with Crippen molar-refractivity contribution in [3.05, 3.63) is 29.3 Å². The second kappa shape index (κ2) is 4.52. The van der Waals surface area contributed by atoms with Crippen LogP contribution in [0.5, 0.6) is 0 Å². The number of nitrogen functional groups attached to an aromatic ring is 1. The topological polar surface area (TPSA) is 58.4 Å². The Hall–Kier alpha value is -1.71. The van der Waals surface area contributed by atoms with E-state index in [9.17, 15) is 4.79 Å². The van der Waals surface area contributed by atoms with Gasteiger partial charge in [0.15, 0.2) is 0 Å². The molecule has 0 atom stereocenters. The maximum Gasteiger partial charge on any atom is 0.317 e. The number of nitrogens with zero attached hydrogens (tertiary/aromatic N) is 1. The van der Waals surface area contributed by atoms with Gasteiger partial charge in [0.05, 0.1) is 0 Å². The van der Waals surface area contributed by atoms with Crippen molar-refractivity contribution in [2.75, 3.05) is 12.3 Å². The lowest BCUT2D eigenvalue weighted by atomic mass is 9.93. The molecule has 0 bridgehead atoms. The van der Waals surface area contributed by atoms with Gasteiger partial charge in [0, 0.05) is 24.8 Å². The van der Waals surface area contributed by atoms with Gasteiger partial charge < -0.3 is 16.0 Å². The minimum absolute atomic E-state index is 0.0635. The Labute approximate surface area is 107 Å². The summed E-state index contributed by atoms with van der Waals surface area (Å²) in [5.41, 5.74) is 9.18. The Bertz CT molecular complexity index is 468. The van der Waals surface area contributed by atoms with Gasteiger partial charge in [-0.3, -0.25) is 0 Å². The van der Waals surface area contributed by atoms with Crippen LogP contribution in [-0.4, -0.2) is 23.5 Å². The first-order chi connectivity index (χ1) is 8.74. The molecule has 18 heavy (non-hydrogen) atoms. The quantitative estimate of drug-likeness (QED) is 0.742. The van der Waals surface area contributed by atoms with Crippen molar-refractivity contribution in [2.24, 2.45) is 0 Å². The number of nitrogens with one attached hydrogen (secondary N) is 1. The minimum atomic E-state index is 0.0635. The molecule has 1 aromatic rings. The molecule has 0 saturated heterocycles. The maximum atomic E-state index is 12.1. The Balaban J connectivity index is 1.69. The van der Waals surface area contributed by atoms with Crippen molar-refractivity contribution in [1.82, 2.24) is 10.2 Å². The van der Waals surface area contributed by atoms with E-state index >= 15 is 0 Å². The van der Waals surface area contributed by atoms with E-state index in [-0.39, 0.29) is 6.03 Å². The van der Waals surface area contributed by atoms with Crippen LogP contribution in [-0.2, 0) is 13.0 Å². The van der Waals surface area contributed by atoms with E-state index in [1.807, 2.05) is 17.0 Å². The number of rotatable bonds is 1. The summed E-state index contributed by atoms with van der Waals surface area (Å²) in [7, 11) is 0. The number of urea groups is 1. The first-order valence-electron chi connectivity index (χ1n) is 6.66. The smallest absolute Gasteiger partial charge is 0.317 e. The predicted octanol–water partition coefficient (Wildman–Crippen LogP) is 1.89. The predicted molar refractivity (Wildman–Crippen MR) is 71.1 cm³/mol. The Morgan fingerprint density at radius 3 is 2.94 bits per heavy atom. The number of hydrogen-bond acceptors (Lipinski definition) is 2. The average molecular weight is 245 g/mol. The van der Waals surface area contributed by atoms with Gasteiger partial charge in [-0.25, -0.2) is 4.79 Å². The molecule has 2 amide bonds. The van der Waals surface area contributed by atoms with Crippen LogP contribution in [0.4, 0.5) is 10.5 Å². The standard InChI is InChI=1S/C14H19N3O/c15-13-6-1-3-10-7-8-17(9-12(10)13)14(18)16-11-4-2-5-11/h1,3,6,11H,2,4-5,7-9,15H2,(H,16,18). The van der Waals surface area contributed by atoms with E-state index in [0.29, 0.717) is 12.6 Å². The summed E-state index contributed by atoms with van der Waals surface area (Å²) in [6.45, 7) is 1.43. The highest BCUT2D eigenvalue weighted by molar-refractivity contribution is 5.75. The molecule has 3 rings (SSSR count). The van der Waals surface area contributed by atoms with Crippen LogP contribution in [0.1, 0.15) is 30.4 Å². The van der Waals surface area contributed by atoms with Crippen molar-refractivity contribution in [3.63, 3.8) is 0 Å². The van der Waals surface area contributed by atoms with E-state index in [1.165, 1.54) is 12.0 Å². The zero-order valence-corrected chi connectivity index (χ0v) is 10.5. The summed E-state index contributed by atoms with van der Waals surface area (Å²) in [6, 6.07) is 6.46. The molecule has 96 valence electrons. The third kappa shape index (κ3) is 2.03. The normalized spacial score (nSPS) is 19.0. The Morgan fingerprint density at radius 2 is 2.22 bits per heavy atom. The SMILES string of the molecule is Nc1cccc2c1CN(C(=O)NC1CCC1)CC2. The molecule has 0 spiro atoms. The molecular weight excluding hydrogens is 226 g/mol.